The molecule has 28 heavy (non-hydrogen) atoms. The van der Waals surface area contributed by atoms with Crippen molar-refractivity contribution in [3.63, 3.8) is 0 Å². The van der Waals surface area contributed by atoms with Crippen LogP contribution in [0, 0.1) is 13.8 Å². The minimum atomic E-state index is 0.0106. The number of carbonyl (C=O) groups excluding carboxylic acids is 1. The van der Waals surface area contributed by atoms with Crippen LogP contribution in [0.1, 0.15) is 20.8 Å². The number of halogens is 1. The summed E-state index contributed by atoms with van der Waals surface area (Å²) in [5.41, 5.74) is 3.42. The van der Waals surface area contributed by atoms with Gasteiger partial charge < -0.3 is 4.74 Å². The monoisotopic (exact) mass is 479 g/mol. The van der Waals surface area contributed by atoms with E-state index in [1.54, 1.807) is 11.3 Å². The number of fused-ring (bicyclic) bond motifs is 1. The van der Waals surface area contributed by atoms with Gasteiger partial charge in [0.15, 0.2) is 5.13 Å². The van der Waals surface area contributed by atoms with E-state index in [1.165, 1.54) is 22.5 Å². The molecule has 1 fully saturated rings. The van der Waals surface area contributed by atoms with E-state index in [9.17, 15) is 4.79 Å². The van der Waals surface area contributed by atoms with Crippen LogP contribution < -0.4 is 4.90 Å². The van der Waals surface area contributed by atoms with Crippen LogP contribution in [0.25, 0.3) is 10.2 Å². The third-order valence-electron chi connectivity index (χ3n) is 5.00. The third-order valence-corrected chi connectivity index (χ3v) is 7.65. The Labute approximate surface area is 181 Å². The lowest BCUT2D eigenvalue weighted by Crippen LogP contribution is -2.43. The van der Waals surface area contributed by atoms with Crippen LogP contribution in [0.5, 0.6) is 0 Å². The van der Waals surface area contributed by atoms with E-state index < -0.39 is 0 Å². The fourth-order valence-electron chi connectivity index (χ4n) is 3.20. The van der Waals surface area contributed by atoms with E-state index in [4.69, 9.17) is 9.72 Å². The number of amides is 1. The number of rotatable bonds is 5. The molecule has 1 amide bonds. The van der Waals surface area contributed by atoms with Crippen molar-refractivity contribution < 1.29 is 9.53 Å². The van der Waals surface area contributed by atoms with E-state index in [-0.39, 0.29) is 5.91 Å². The van der Waals surface area contributed by atoms with Crippen LogP contribution >= 0.6 is 38.6 Å². The van der Waals surface area contributed by atoms with Gasteiger partial charge in [-0.2, -0.15) is 0 Å². The molecular weight excluding hydrogens is 458 g/mol. The standard InChI is InChI=1S/C20H22BrN3O2S2/c1-13-11-15-17(12-14(13)2)28-20(22-15)24(6-5-23-7-9-26-10-8-23)19(25)16-3-4-18(21)27-16/h3-4,11-12H,5-10H2,1-2H3. The first-order valence-electron chi connectivity index (χ1n) is 9.26. The highest BCUT2D eigenvalue weighted by atomic mass is 79.9. The molecule has 1 saturated heterocycles. The average Bonchev–Trinajstić information content (AvgIpc) is 3.29. The van der Waals surface area contributed by atoms with Gasteiger partial charge >= 0.3 is 0 Å². The number of benzene rings is 1. The lowest BCUT2D eigenvalue weighted by Gasteiger charge is -2.29. The summed E-state index contributed by atoms with van der Waals surface area (Å²) in [6, 6.07) is 8.07. The molecule has 0 saturated carbocycles. The Morgan fingerprint density at radius 3 is 2.68 bits per heavy atom. The summed E-state index contributed by atoms with van der Waals surface area (Å²) >= 11 is 6.51. The predicted octanol–water partition coefficient (Wildman–Crippen LogP) is 4.72. The molecule has 1 aliphatic heterocycles. The Bertz CT molecular complexity index is 956. The van der Waals surface area contributed by atoms with Gasteiger partial charge in [0.2, 0.25) is 0 Å². The molecule has 0 N–H and O–H groups in total. The molecule has 8 heteroatoms. The van der Waals surface area contributed by atoms with Crippen LogP contribution in [0.2, 0.25) is 0 Å². The van der Waals surface area contributed by atoms with Crippen LogP contribution in [0.4, 0.5) is 5.13 Å². The Morgan fingerprint density at radius 1 is 1.21 bits per heavy atom. The summed E-state index contributed by atoms with van der Waals surface area (Å²) < 4.78 is 7.51. The SMILES string of the molecule is Cc1cc2nc(N(CCN3CCOCC3)C(=O)c3ccc(Br)s3)sc2cc1C. The number of thiophene rings is 1. The van der Waals surface area contributed by atoms with Crippen LogP contribution in [0.3, 0.4) is 0 Å². The smallest absolute Gasteiger partial charge is 0.270 e. The molecule has 0 spiro atoms. The summed E-state index contributed by atoms with van der Waals surface area (Å²) in [5, 5.41) is 0.766. The topological polar surface area (TPSA) is 45.7 Å². The van der Waals surface area contributed by atoms with Crippen LogP contribution in [0.15, 0.2) is 28.1 Å². The molecular formula is C20H22BrN3O2S2. The quantitative estimate of drug-likeness (QED) is 0.531. The Morgan fingerprint density at radius 2 is 1.96 bits per heavy atom. The Balaban J connectivity index is 1.64. The van der Waals surface area contributed by atoms with E-state index in [0.717, 1.165) is 56.9 Å². The van der Waals surface area contributed by atoms with Crippen molar-refractivity contribution in [2.45, 2.75) is 13.8 Å². The highest BCUT2D eigenvalue weighted by Gasteiger charge is 2.24. The number of hydrogen-bond acceptors (Lipinski definition) is 6. The molecule has 0 atom stereocenters. The number of hydrogen-bond donors (Lipinski definition) is 0. The minimum absolute atomic E-state index is 0.0106. The van der Waals surface area contributed by atoms with E-state index >= 15 is 0 Å². The average molecular weight is 480 g/mol. The second-order valence-electron chi connectivity index (χ2n) is 6.92. The number of nitrogens with zero attached hydrogens (tertiary/aromatic N) is 3. The predicted molar refractivity (Wildman–Crippen MR) is 120 cm³/mol. The molecule has 0 bridgehead atoms. The molecule has 5 nitrogen and oxygen atoms in total. The summed E-state index contributed by atoms with van der Waals surface area (Å²) in [6.45, 7) is 8.96. The number of morpholine rings is 1. The van der Waals surface area contributed by atoms with E-state index in [1.807, 2.05) is 17.0 Å². The van der Waals surface area contributed by atoms with Crippen molar-refractivity contribution in [1.29, 1.82) is 0 Å². The zero-order valence-corrected chi connectivity index (χ0v) is 19.1. The number of thiazole rings is 1. The molecule has 1 aromatic carbocycles. The van der Waals surface area contributed by atoms with Gasteiger partial charge in [0, 0.05) is 26.2 Å². The minimum Gasteiger partial charge on any atom is -0.379 e. The van der Waals surface area contributed by atoms with Crippen LogP contribution in [-0.4, -0.2) is 55.2 Å². The van der Waals surface area contributed by atoms with Gasteiger partial charge in [-0.3, -0.25) is 14.6 Å². The van der Waals surface area contributed by atoms with Gasteiger partial charge in [-0.05, 0) is 65.2 Å². The molecule has 3 aromatic rings. The fraction of sp³-hybridized carbons (Fsp3) is 0.400. The molecule has 148 valence electrons. The molecule has 0 aliphatic carbocycles. The molecule has 4 rings (SSSR count). The zero-order valence-electron chi connectivity index (χ0n) is 15.9. The normalized spacial score (nSPS) is 15.2. The van der Waals surface area contributed by atoms with Crippen LogP contribution in [-0.2, 0) is 4.74 Å². The first-order valence-corrected chi connectivity index (χ1v) is 11.7. The van der Waals surface area contributed by atoms with Gasteiger partial charge in [0.25, 0.3) is 5.91 Å². The molecule has 0 unspecified atom stereocenters. The van der Waals surface area contributed by atoms with Crippen molar-refractivity contribution >= 4 is 59.9 Å². The van der Waals surface area contributed by atoms with Gasteiger partial charge in [-0.15, -0.1) is 11.3 Å². The first-order chi connectivity index (χ1) is 13.5. The zero-order chi connectivity index (χ0) is 19.7. The highest BCUT2D eigenvalue weighted by Crippen LogP contribution is 2.33. The number of anilines is 1. The summed E-state index contributed by atoms with van der Waals surface area (Å²) in [6.07, 6.45) is 0. The molecule has 2 aromatic heterocycles. The second-order valence-corrected chi connectivity index (χ2v) is 10.4. The maximum Gasteiger partial charge on any atom is 0.270 e. The summed E-state index contributed by atoms with van der Waals surface area (Å²) in [7, 11) is 0. The maximum absolute atomic E-state index is 13.3. The van der Waals surface area contributed by atoms with Gasteiger partial charge in [-0.1, -0.05) is 11.3 Å². The lowest BCUT2D eigenvalue weighted by atomic mass is 10.1. The molecule has 3 heterocycles. The number of aryl methyl sites for hydroxylation is 2. The highest BCUT2D eigenvalue weighted by molar-refractivity contribution is 9.11. The van der Waals surface area contributed by atoms with Crippen molar-refractivity contribution in [3.8, 4) is 0 Å². The number of ether oxygens (including phenoxy) is 1. The number of aromatic nitrogens is 1. The summed E-state index contributed by atoms with van der Waals surface area (Å²) in [4.78, 5) is 23.0. The summed E-state index contributed by atoms with van der Waals surface area (Å²) in [5.74, 6) is 0.0106. The van der Waals surface area contributed by atoms with Crippen molar-refractivity contribution in [1.82, 2.24) is 9.88 Å². The Hall–Kier alpha value is -1.32. The van der Waals surface area contributed by atoms with E-state index in [2.05, 4.69) is 46.8 Å². The second kappa shape index (κ2) is 8.59. The van der Waals surface area contributed by atoms with Gasteiger partial charge in [0.05, 0.1) is 32.1 Å². The van der Waals surface area contributed by atoms with Gasteiger partial charge in [0.1, 0.15) is 0 Å². The Kier molecular flexibility index (Phi) is 6.13. The number of carbonyl (C=O) groups is 1. The van der Waals surface area contributed by atoms with Crippen molar-refractivity contribution in [2.24, 2.45) is 0 Å². The largest absolute Gasteiger partial charge is 0.379 e. The van der Waals surface area contributed by atoms with Crippen molar-refractivity contribution in [3.05, 3.63) is 44.1 Å². The molecule has 1 aliphatic rings. The van der Waals surface area contributed by atoms with Crippen molar-refractivity contribution in [2.75, 3.05) is 44.3 Å². The lowest BCUT2D eigenvalue weighted by molar-refractivity contribution is 0.0391. The third kappa shape index (κ3) is 4.31. The first kappa shape index (κ1) is 20.0. The van der Waals surface area contributed by atoms with Gasteiger partial charge in [-0.25, -0.2) is 4.98 Å². The maximum atomic E-state index is 13.3. The molecule has 0 radical (unpaired) electrons. The fourth-order valence-corrected chi connectivity index (χ4v) is 5.60. The van der Waals surface area contributed by atoms with E-state index in [0.29, 0.717) is 6.54 Å².